The standard InChI is InChI=1S/C19H23N9O2/c1-14-12-21-28(13-14)17-20-3-2-15(22-17)16-23-18(26-4-8-29-9-5-26)25-19(24-16)27-6-10-30-11-7-27/h2-3,12-13H,4-11H2,1H3. The summed E-state index contributed by atoms with van der Waals surface area (Å²) < 4.78 is 12.6. The van der Waals surface area contributed by atoms with Gasteiger partial charge >= 0.3 is 0 Å². The molecule has 0 spiro atoms. The lowest BCUT2D eigenvalue weighted by atomic mass is 10.3. The first-order valence-corrected chi connectivity index (χ1v) is 10.0. The Kier molecular flexibility index (Phi) is 5.20. The van der Waals surface area contributed by atoms with Crippen molar-refractivity contribution in [1.29, 1.82) is 0 Å². The smallest absolute Gasteiger partial charge is 0.251 e. The number of rotatable bonds is 4. The summed E-state index contributed by atoms with van der Waals surface area (Å²) in [6.07, 6.45) is 5.35. The van der Waals surface area contributed by atoms with Gasteiger partial charge in [-0.2, -0.15) is 20.1 Å². The third-order valence-corrected chi connectivity index (χ3v) is 4.99. The highest BCUT2D eigenvalue weighted by Crippen LogP contribution is 2.22. The Labute approximate surface area is 173 Å². The summed E-state index contributed by atoms with van der Waals surface area (Å²) in [4.78, 5) is 27.4. The minimum absolute atomic E-state index is 0.474. The molecular weight excluding hydrogens is 386 g/mol. The van der Waals surface area contributed by atoms with Gasteiger partial charge in [-0.25, -0.2) is 14.6 Å². The fourth-order valence-electron chi connectivity index (χ4n) is 3.38. The zero-order valence-electron chi connectivity index (χ0n) is 16.8. The van der Waals surface area contributed by atoms with Gasteiger partial charge in [0.05, 0.1) is 32.6 Å². The van der Waals surface area contributed by atoms with Crippen LogP contribution in [-0.2, 0) is 9.47 Å². The molecule has 30 heavy (non-hydrogen) atoms. The first-order chi connectivity index (χ1) is 14.8. The van der Waals surface area contributed by atoms with E-state index in [1.807, 2.05) is 13.1 Å². The normalized spacial score (nSPS) is 17.4. The summed E-state index contributed by atoms with van der Waals surface area (Å²) in [7, 11) is 0. The summed E-state index contributed by atoms with van der Waals surface area (Å²) >= 11 is 0. The lowest BCUT2D eigenvalue weighted by Gasteiger charge is -2.30. The van der Waals surface area contributed by atoms with E-state index >= 15 is 0 Å². The summed E-state index contributed by atoms with van der Waals surface area (Å²) in [6, 6.07) is 1.81. The van der Waals surface area contributed by atoms with Crippen LogP contribution in [0.2, 0.25) is 0 Å². The lowest BCUT2D eigenvalue weighted by molar-refractivity contribution is 0.121. The second-order valence-corrected chi connectivity index (χ2v) is 7.16. The van der Waals surface area contributed by atoms with Crippen molar-refractivity contribution in [2.24, 2.45) is 0 Å². The Morgan fingerprint density at radius 3 is 2.00 bits per heavy atom. The topological polar surface area (TPSA) is 107 Å². The van der Waals surface area contributed by atoms with E-state index in [9.17, 15) is 0 Å². The van der Waals surface area contributed by atoms with Crippen molar-refractivity contribution in [1.82, 2.24) is 34.7 Å². The molecule has 0 atom stereocenters. The Hall–Kier alpha value is -3.18. The predicted molar refractivity (Wildman–Crippen MR) is 109 cm³/mol. The number of ether oxygens (including phenoxy) is 2. The molecule has 2 aliphatic heterocycles. The molecule has 5 rings (SSSR count). The van der Waals surface area contributed by atoms with Crippen molar-refractivity contribution in [3.63, 3.8) is 0 Å². The first kappa shape index (κ1) is 18.8. The molecule has 0 amide bonds. The molecule has 11 nitrogen and oxygen atoms in total. The van der Waals surface area contributed by atoms with Crippen LogP contribution in [0.4, 0.5) is 11.9 Å². The maximum Gasteiger partial charge on any atom is 0.251 e. The number of hydrogen-bond donors (Lipinski definition) is 0. The van der Waals surface area contributed by atoms with E-state index in [-0.39, 0.29) is 0 Å². The molecule has 3 aromatic heterocycles. The maximum atomic E-state index is 5.48. The Balaban J connectivity index is 1.54. The van der Waals surface area contributed by atoms with Crippen LogP contribution in [0.5, 0.6) is 0 Å². The minimum atomic E-state index is 0.474. The van der Waals surface area contributed by atoms with Crippen LogP contribution in [0.25, 0.3) is 17.5 Å². The lowest BCUT2D eigenvalue weighted by Crippen LogP contribution is -2.40. The van der Waals surface area contributed by atoms with E-state index in [1.54, 1.807) is 23.1 Å². The van der Waals surface area contributed by atoms with Crippen LogP contribution in [0.3, 0.4) is 0 Å². The second-order valence-electron chi connectivity index (χ2n) is 7.16. The number of aromatic nitrogens is 7. The highest BCUT2D eigenvalue weighted by atomic mass is 16.5. The number of anilines is 2. The van der Waals surface area contributed by atoms with E-state index in [0.29, 0.717) is 55.8 Å². The van der Waals surface area contributed by atoms with E-state index in [1.165, 1.54) is 0 Å². The van der Waals surface area contributed by atoms with E-state index in [4.69, 9.17) is 24.4 Å². The quantitative estimate of drug-likeness (QED) is 0.604. The third kappa shape index (κ3) is 3.94. The van der Waals surface area contributed by atoms with Crippen molar-refractivity contribution in [3.05, 3.63) is 30.2 Å². The van der Waals surface area contributed by atoms with Gasteiger partial charge in [0.1, 0.15) is 5.69 Å². The minimum Gasteiger partial charge on any atom is -0.378 e. The zero-order chi connectivity index (χ0) is 20.3. The molecule has 0 aliphatic carbocycles. The van der Waals surface area contributed by atoms with E-state index in [0.717, 1.165) is 31.7 Å². The average Bonchev–Trinajstić information content (AvgIpc) is 3.26. The summed E-state index contributed by atoms with van der Waals surface area (Å²) in [5.41, 5.74) is 1.66. The molecule has 0 saturated carbocycles. The molecular formula is C19H23N9O2. The molecule has 3 aromatic rings. The predicted octanol–water partition coefficient (Wildman–Crippen LogP) is 0.496. The van der Waals surface area contributed by atoms with Gasteiger partial charge in [-0.05, 0) is 18.6 Å². The molecule has 2 saturated heterocycles. The molecule has 0 N–H and O–H groups in total. The number of nitrogens with zero attached hydrogens (tertiary/aromatic N) is 9. The van der Waals surface area contributed by atoms with Crippen LogP contribution < -0.4 is 9.80 Å². The molecule has 2 fully saturated rings. The summed E-state index contributed by atoms with van der Waals surface area (Å²) in [5.74, 6) is 2.27. The fraction of sp³-hybridized carbons (Fsp3) is 0.474. The van der Waals surface area contributed by atoms with Gasteiger partial charge in [0.2, 0.25) is 11.9 Å². The summed E-state index contributed by atoms with van der Waals surface area (Å²) in [6.45, 7) is 7.58. The fourth-order valence-corrected chi connectivity index (χ4v) is 3.38. The van der Waals surface area contributed by atoms with Gasteiger partial charge in [0, 0.05) is 38.6 Å². The maximum absolute atomic E-state index is 5.48. The van der Waals surface area contributed by atoms with E-state index in [2.05, 4.69) is 24.9 Å². The zero-order valence-corrected chi connectivity index (χ0v) is 16.8. The first-order valence-electron chi connectivity index (χ1n) is 10.0. The van der Waals surface area contributed by atoms with Crippen LogP contribution in [-0.4, -0.2) is 87.3 Å². The molecule has 0 radical (unpaired) electrons. The highest BCUT2D eigenvalue weighted by molar-refractivity contribution is 5.55. The van der Waals surface area contributed by atoms with Gasteiger partial charge in [0.25, 0.3) is 5.95 Å². The van der Waals surface area contributed by atoms with Crippen LogP contribution >= 0.6 is 0 Å². The van der Waals surface area contributed by atoms with Crippen LogP contribution in [0, 0.1) is 6.92 Å². The Bertz CT molecular complexity index is 976. The Morgan fingerprint density at radius 1 is 0.800 bits per heavy atom. The monoisotopic (exact) mass is 409 g/mol. The summed E-state index contributed by atoms with van der Waals surface area (Å²) in [5, 5.41) is 4.30. The molecule has 0 bridgehead atoms. The average molecular weight is 409 g/mol. The van der Waals surface area contributed by atoms with Gasteiger partial charge in [-0.15, -0.1) is 0 Å². The van der Waals surface area contributed by atoms with Crippen LogP contribution in [0.1, 0.15) is 5.56 Å². The van der Waals surface area contributed by atoms with Crippen molar-refractivity contribution in [3.8, 4) is 17.5 Å². The number of morpholine rings is 2. The van der Waals surface area contributed by atoms with Gasteiger partial charge < -0.3 is 19.3 Å². The Morgan fingerprint density at radius 2 is 1.43 bits per heavy atom. The van der Waals surface area contributed by atoms with Crippen molar-refractivity contribution < 1.29 is 9.47 Å². The van der Waals surface area contributed by atoms with Gasteiger partial charge in [-0.1, -0.05) is 0 Å². The molecule has 2 aliphatic rings. The number of aryl methyl sites for hydroxylation is 1. The van der Waals surface area contributed by atoms with Crippen molar-refractivity contribution in [2.75, 3.05) is 62.4 Å². The molecule has 0 unspecified atom stereocenters. The van der Waals surface area contributed by atoms with Crippen molar-refractivity contribution in [2.45, 2.75) is 6.92 Å². The van der Waals surface area contributed by atoms with Crippen LogP contribution in [0.15, 0.2) is 24.7 Å². The van der Waals surface area contributed by atoms with Gasteiger partial charge in [0.15, 0.2) is 5.82 Å². The highest BCUT2D eigenvalue weighted by Gasteiger charge is 2.22. The molecule has 0 aromatic carbocycles. The number of hydrogen-bond acceptors (Lipinski definition) is 10. The largest absolute Gasteiger partial charge is 0.378 e. The molecule has 11 heteroatoms. The van der Waals surface area contributed by atoms with Gasteiger partial charge in [-0.3, -0.25) is 0 Å². The molecule has 5 heterocycles. The second kappa shape index (κ2) is 8.28. The molecule has 156 valence electrons. The third-order valence-electron chi connectivity index (χ3n) is 4.99. The van der Waals surface area contributed by atoms with Crippen molar-refractivity contribution >= 4 is 11.9 Å². The SMILES string of the molecule is Cc1cnn(-c2nccc(-c3nc(N4CCOCC4)nc(N4CCOCC4)n3)n2)c1. The van der Waals surface area contributed by atoms with E-state index < -0.39 is 0 Å².